The Bertz CT molecular complexity index is 1120. The van der Waals surface area contributed by atoms with E-state index in [-0.39, 0.29) is 12.1 Å². The Morgan fingerprint density at radius 1 is 1.10 bits per heavy atom. The molecule has 0 saturated heterocycles. The number of anilines is 1. The lowest BCUT2D eigenvalue weighted by molar-refractivity contribution is 0.0983. The Labute approximate surface area is 180 Å². The molecule has 1 aliphatic rings. The highest BCUT2D eigenvalue weighted by molar-refractivity contribution is 5.94. The fourth-order valence-corrected chi connectivity index (χ4v) is 3.67. The van der Waals surface area contributed by atoms with Crippen LogP contribution in [0, 0.1) is 11.3 Å². The largest absolute Gasteiger partial charge is 0.474 e. The molecule has 2 aromatic heterocycles. The van der Waals surface area contributed by atoms with Gasteiger partial charge in [-0.15, -0.1) is 0 Å². The third kappa shape index (κ3) is 4.95. The summed E-state index contributed by atoms with van der Waals surface area (Å²) in [7, 11) is 0. The van der Waals surface area contributed by atoms with Gasteiger partial charge in [0.25, 0.3) is 5.91 Å². The molecule has 1 fully saturated rings. The number of nitrogens with zero attached hydrogens (tertiary/aromatic N) is 4. The van der Waals surface area contributed by atoms with Gasteiger partial charge in [-0.3, -0.25) is 4.79 Å². The zero-order chi connectivity index (χ0) is 21.6. The van der Waals surface area contributed by atoms with Crippen molar-refractivity contribution in [1.29, 1.82) is 5.26 Å². The van der Waals surface area contributed by atoms with Crippen molar-refractivity contribution < 1.29 is 9.53 Å². The van der Waals surface area contributed by atoms with Crippen molar-refractivity contribution in [3.05, 3.63) is 66.0 Å². The Balaban J connectivity index is 1.36. The molecule has 0 aliphatic heterocycles. The second kappa shape index (κ2) is 9.22. The van der Waals surface area contributed by atoms with Crippen LogP contribution in [0.15, 0.2) is 54.9 Å². The number of rotatable bonds is 6. The number of nitriles is 1. The van der Waals surface area contributed by atoms with Crippen LogP contribution in [0.3, 0.4) is 0 Å². The average Bonchev–Trinajstić information content (AvgIpc) is 2.81. The lowest BCUT2D eigenvalue weighted by atomic mass is 9.93. The van der Waals surface area contributed by atoms with Crippen molar-refractivity contribution in [1.82, 2.24) is 15.0 Å². The Hall–Kier alpha value is -3.99. The van der Waals surface area contributed by atoms with Gasteiger partial charge in [-0.1, -0.05) is 12.1 Å². The minimum Gasteiger partial charge on any atom is -0.474 e. The van der Waals surface area contributed by atoms with E-state index in [2.05, 4.69) is 26.3 Å². The highest BCUT2D eigenvalue weighted by atomic mass is 16.5. The molecule has 0 bridgehead atoms. The summed E-state index contributed by atoms with van der Waals surface area (Å²) in [6.45, 7) is 0. The molecule has 1 aliphatic carbocycles. The zero-order valence-corrected chi connectivity index (χ0v) is 16.9. The predicted octanol–water partition coefficient (Wildman–Crippen LogP) is 3.31. The van der Waals surface area contributed by atoms with E-state index in [0.717, 1.165) is 37.1 Å². The number of carbonyl (C=O) groups excluding carboxylic acids is 1. The van der Waals surface area contributed by atoms with Crippen LogP contribution in [0.1, 0.15) is 41.6 Å². The van der Waals surface area contributed by atoms with Gasteiger partial charge in [0.1, 0.15) is 17.5 Å². The molecule has 31 heavy (non-hydrogen) atoms. The van der Waals surface area contributed by atoms with Crippen molar-refractivity contribution in [2.75, 3.05) is 5.32 Å². The fourth-order valence-electron chi connectivity index (χ4n) is 3.67. The molecule has 0 atom stereocenters. The van der Waals surface area contributed by atoms with Gasteiger partial charge in [0.2, 0.25) is 5.88 Å². The number of primary amides is 1. The molecule has 3 aromatic rings. The third-order valence-corrected chi connectivity index (χ3v) is 5.25. The van der Waals surface area contributed by atoms with Gasteiger partial charge in [-0.25, -0.2) is 15.0 Å². The SMILES string of the molecule is N#Cc1cccc(-c2nccc(N[C@H]3CC[C@H](Oc4ncccc4C(N)=O)CC3)n2)c1. The molecule has 1 aromatic carbocycles. The number of amides is 1. The number of pyridine rings is 1. The van der Waals surface area contributed by atoms with Gasteiger partial charge < -0.3 is 15.8 Å². The third-order valence-electron chi connectivity index (χ3n) is 5.25. The molecule has 1 saturated carbocycles. The van der Waals surface area contributed by atoms with E-state index in [1.165, 1.54) is 0 Å². The lowest BCUT2D eigenvalue weighted by Gasteiger charge is -2.29. The smallest absolute Gasteiger partial charge is 0.254 e. The molecule has 156 valence electrons. The highest BCUT2D eigenvalue weighted by Gasteiger charge is 2.24. The molecule has 4 rings (SSSR count). The molecule has 2 heterocycles. The van der Waals surface area contributed by atoms with Crippen LogP contribution in [0.4, 0.5) is 5.82 Å². The standard InChI is InChI=1S/C23H22N6O2/c24-14-15-3-1-4-16(13-15)22-26-12-10-20(29-22)28-17-6-8-18(9-7-17)31-23-19(21(25)30)5-2-11-27-23/h1-5,10-13,17-18H,6-9H2,(H2,25,30)(H,26,28,29)/t17-,18-. The number of hydrogen-bond donors (Lipinski definition) is 2. The second-order valence-electron chi connectivity index (χ2n) is 7.41. The monoisotopic (exact) mass is 414 g/mol. The summed E-state index contributed by atoms with van der Waals surface area (Å²) in [5.41, 5.74) is 7.08. The molecule has 3 N–H and O–H groups in total. The van der Waals surface area contributed by atoms with E-state index in [1.807, 2.05) is 18.2 Å². The fraction of sp³-hybridized carbons (Fsp3) is 0.261. The van der Waals surface area contributed by atoms with E-state index in [4.69, 9.17) is 15.7 Å². The molecule has 8 nitrogen and oxygen atoms in total. The van der Waals surface area contributed by atoms with Crippen LogP contribution in [0.2, 0.25) is 0 Å². The first kappa shape index (κ1) is 20.3. The predicted molar refractivity (Wildman–Crippen MR) is 115 cm³/mol. The van der Waals surface area contributed by atoms with Crippen molar-refractivity contribution >= 4 is 11.7 Å². The summed E-state index contributed by atoms with van der Waals surface area (Å²) < 4.78 is 5.95. The van der Waals surface area contributed by atoms with Gasteiger partial charge in [0.15, 0.2) is 5.82 Å². The maximum Gasteiger partial charge on any atom is 0.254 e. The highest BCUT2D eigenvalue weighted by Crippen LogP contribution is 2.27. The van der Waals surface area contributed by atoms with E-state index < -0.39 is 5.91 Å². The quantitative estimate of drug-likeness (QED) is 0.633. The first-order valence-corrected chi connectivity index (χ1v) is 10.1. The summed E-state index contributed by atoms with van der Waals surface area (Å²) in [5, 5.41) is 12.6. The first-order chi connectivity index (χ1) is 15.1. The summed E-state index contributed by atoms with van der Waals surface area (Å²) in [6, 6.07) is 14.8. The maximum absolute atomic E-state index is 11.5. The molecule has 8 heteroatoms. The van der Waals surface area contributed by atoms with E-state index >= 15 is 0 Å². The normalized spacial score (nSPS) is 18.0. The molecule has 0 spiro atoms. The zero-order valence-electron chi connectivity index (χ0n) is 16.9. The number of nitrogens with two attached hydrogens (primary N) is 1. The number of hydrogen-bond acceptors (Lipinski definition) is 7. The summed E-state index contributed by atoms with van der Waals surface area (Å²) >= 11 is 0. The summed E-state index contributed by atoms with van der Waals surface area (Å²) in [6.07, 6.45) is 6.74. The van der Waals surface area contributed by atoms with Crippen molar-refractivity contribution in [2.45, 2.75) is 37.8 Å². The number of aromatic nitrogens is 3. The Kier molecular flexibility index (Phi) is 6.03. The summed E-state index contributed by atoms with van der Waals surface area (Å²) in [4.78, 5) is 24.6. The number of benzene rings is 1. The molecule has 0 radical (unpaired) electrons. The van der Waals surface area contributed by atoms with Gasteiger partial charge in [-0.2, -0.15) is 5.26 Å². The molecule has 1 amide bonds. The molecule has 0 unspecified atom stereocenters. The topological polar surface area (TPSA) is 127 Å². The Morgan fingerprint density at radius 2 is 1.94 bits per heavy atom. The van der Waals surface area contributed by atoms with Crippen molar-refractivity contribution in [3.8, 4) is 23.3 Å². The Morgan fingerprint density at radius 3 is 2.71 bits per heavy atom. The van der Waals surface area contributed by atoms with Crippen LogP contribution in [0.25, 0.3) is 11.4 Å². The van der Waals surface area contributed by atoms with Gasteiger partial charge >= 0.3 is 0 Å². The van der Waals surface area contributed by atoms with Crippen LogP contribution in [0.5, 0.6) is 5.88 Å². The average molecular weight is 414 g/mol. The van der Waals surface area contributed by atoms with Gasteiger partial charge in [0, 0.05) is 24.0 Å². The summed E-state index contributed by atoms with van der Waals surface area (Å²) in [5.74, 6) is 1.08. The first-order valence-electron chi connectivity index (χ1n) is 10.1. The number of nitrogens with one attached hydrogen (secondary N) is 1. The van der Waals surface area contributed by atoms with Crippen molar-refractivity contribution in [2.24, 2.45) is 5.73 Å². The van der Waals surface area contributed by atoms with Crippen molar-refractivity contribution in [3.63, 3.8) is 0 Å². The number of carbonyl (C=O) groups is 1. The number of ether oxygens (including phenoxy) is 1. The van der Waals surface area contributed by atoms with Crippen LogP contribution in [-0.4, -0.2) is 33.0 Å². The molecular weight excluding hydrogens is 392 g/mol. The van der Waals surface area contributed by atoms with Crippen LogP contribution < -0.4 is 15.8 Å². The van der Waals surface area contributed by atoms with Gasteiger partial charge in [-0.05, 0) is 56.0 Å². The van der Waals surface area contributed by atoms with Crippen LogP contribution in [-0.2, 0) is 0 Å². The van der Waals surface area contributed by atoms with Crippen LogP contribution >= 0.6 is 0 Å². The lowest BCUT2D eigenvalue weighted by Crippen LogP contribution is -2.32. The minimum absolute atomic E-state index is 0.0132. The minimum atomic E-state index is -0.543. The second-order valence-corrected chi connectivity index (χ2v) is 7.41. The molecular formula is C23H22N6O2. The van der Waals surface area contributed by atoms with E-state index in [1.54, 1.807) is 36.7 Å². The van der Waals surface area contributed by atoms with E-state index in [9.17, 15) is 4.79 Å². The van der Waals surface area contributed by atoms with E-state index in [0.29, 0.717) is 22.8 Å². The van der Waals surface area contributed by atoms with Gasteiger partial charge in [0.05, 0.1) is 11.6 Å². The maximum atomic E-state index is 11.5.